The van der Waals surface area contributed by atoms with Crippen LogP contribution in [-0.4, -0.2) is 19.6 Å². The first-order valence-corrected chi connectivity index (χ1v) is 8.45. The Hall–Kier alpha value is -2.75. The molecule has 0 heterocycles. The van der Waals surface area contributed by atoms with Gasteiger partial charge in [0.2, 0.25) is 5.91 Å². The first kappa shape index (κ1) is 18.6. The third-order valence-electron chi connectivity index (χ3n) is 3.79. The minimum atomic E-state index is -0.131. The number of rotatable bonds is 8. The lowest BCUT2D eigenvalue weighted by Gasteiger charge is -2.10. The predicted molar refractivity (Wildman–Crippen MR) is 101 cm³/mol. The number of aryl methyl sites for hydroxylation is 1. The monoisotopic (exact) mass is 339 g/mol. The molecule has 2 rings (SSSR count). The first-order valence-electron chi connectivity index (χ1n) is 8.45. The van der Waals surface area contributed by atoms with Crippen molar-refractivity contribution in [1.29, 1.82) is 0 Å². The van der Waals surface area contributed by atoms with Crippen molar-refractivity contribution in [2.45, 2.75) is 26.8 Å². The lowest BCUT2D eigenvalue weighted by molar-refractivity contribution is -0.116. The molecule has 0 radical (unpaired) electrons. The lowest BCUT2D eigenvalue weighted by Crippen LogP contribution is -2.20. The Morgan fingerprint density at radius 2 is 1.96 bits per heavy atom. The maximum Gasteiger partial charge on any atom is 0.244 e. The summed E-state index contributed by atoms with van der Waals surface area (Å²) in [6.45, 7) is 5.25. The third kappa shape index (κ3) is 5.68. The minimum absolute atomic E-state index is 0.131. The first-order chi connectivity index (χ1) is 12.1. The van der Waals surface area contributed by atoms with Crippen LogP contribution in [0.4, 0.5) is 0 Å². The van der Waals surface area contributed by atoms with Gasteiger partial charge in [0.25, 0.3) is 0 Å². The maximum absolute atomic E-state index is 12.0. The van der Waals surface area contributed by atoms with E-state index < -0.39 is 0 Å². The lowest BCUT2D eigenvalue weighted by atomic mass is 10.1. The minimum Gasteiger partial charge on any atom is -0.493 e. The zero-order valence-corrected chi connectivity index (χ0v) is 15.0. The van der Waals surface area contributed by atoms with Gasteiger partial charge in [0.1, 0.15) is 0 Å². The van der Waals surface area contributed by atoms with Gasteiger partial charge in [0.15, 0.2) is 11.5 Å². The molecule has 1 amide bonds. The smallest absolute Gasteiger partial charge is 0.244 e. The highest BCUT2D eigenvalue weighted by molar-refractivity contribution is 5.91. The average molecular weight is 339 g/mol. The third-order valence-corrected chi connectivity index (χ3v) is 3.79. The zero-order valence-electron chi connectivity index (χ0n) is 15.0. The number of carbonyl (C=O) groups is 1. The number of methoxy groups -OCH3 is 1. The van der Waals surface area contributed by atoms with Crippen molar-refractivity contribution in [3.05, 3.63) is 65.2 Å². The summed E-state index contributed by atoms with van der Waals surface area (Å²) in [7, 11) is 1.61. The fourth-order valence-electron chi connectivity index (χ4n) is 2.34. The summed E-state index contributed by atoms with van der Waals surface area (Å²) < 4.78 is 11.0. The van der Waals surface area contributed by atoms with Crippen LogP contribution in [0, 0.1) is 6.92 Å². The molecule has 0 saturated carbocycles. The largest absolute Gasteiger partial charge is 0.493 e. The van der Waals surface area contributed by atoms with Gasteiger partial charge in [0, 0.05) is 12.6 Å². The highest BCUT2D eigenvalue weighted by Crippen LogP contribution is 2.28. The van der Waals surface area contributed by atoms with Gasteiger partial charge in [0.05, 0.1) is 13.7 Å². The maximum atomic E-state index is 12.0. The van der Waals surface area contributed by atoms with E-state index >= 15 is 0 Å². The molecule has 0 bridgehead atoms. The van der Waals surface area contributed by atoms with Crippen molar-refractivity contribution in [2.24, 2.45) is 0 Å². The van der Waals surface area contributed by atoms with Crippen LogP contribution in [0.15, 0.2) is 48.5 Å². The molecule has 4 nitrogen and oxygen atoms in total. The normalized spacial score (nSPS) is 10.7. The van der Waals surface area contributed by atoms with E-state index in [0.29, 0.717) is 24.7 Å². The van der Waals surface area contributed by atoms with Gasteiger partial charge in [-0.1, -0.05) is 37.3 Å². The van der Waals surface area contributed by atoms with Gasteiger partial charge < -0.3 is 14.8 Å². The number of nitrogens with one attached hydrogen (secondary N) is 1. The van der Waals surface area contributed by atoms with Crippen molar-refractivity contribution in [3.63, 3.8) is 0 Å². The highest BCUT2D eigenvalue weighted by atomic mass is 16.5. The van der Waals surface area contributed by atoms with Gasteiger partial charge in [-0.25, -0.2) is 0 Å². The van der Waals surface area contributed by atoms with Crippen LogP contribution in [0.5, 0.6) is 11.5 Å². The topological polar surface area (TPSA) is 47.6 Å². The number of ether oxygens (including phenoxy) is 2. The van der Waals surface area contributed by atoms with E-state index in [1.165, 1.54) is 11.6 Å². The molecule has 0 fully saturated rings. The summed E-state index contributed by atoms with van der Waals surface area (Å²) in [6, 6.07) is 13.6. The molecule has 4 heteroatoms. The number of amides is 1. The van der Waals surface area contributed by atoms with Crippen LogP contribution in [0.1, 0.15) is 30.0 Å². The number of carbonyl (C=O) groups excluding carboxylic acids is 1. The fraction of sp³-hybridized carbons (Fsp3) is 0.286. The summed E-state index contributed by atoms with van der Waals surface area (Å²) >= 11 is 0. The van der Waals surface area contributed by atoms with Gasteiger partial charge in [-0.15, -0.1) is 0 Å². The predicted octanol–water partition coefficient (Wildman–Crippen LogP) is 4.12. The van der Waals surface area contributed by atoms with E-state index in [4.69, 9.17) is 9.47 Å². The van der Waals surface area contributed by atoms with Crippen molar-refractivity contribution in [2.75, 3.05) is 13.7 Å². The van der Waals surface area contributed by atoms with Crippen LogP contribution in [0.25, 0.3) is 6.08 Å². The highest BCUT2D eigenvalue weighted by Gasteiger charge is 2.05. The van der Waals surface area contributed by atoms with E-state index in [9.17, 15) is 4.79 Å². The molecule has 0 atom stereocenters. The zero-order chi connectivity index (χ0) is 18.1. The Labute approximate surface area is 149 Å². The van der Waals surface area contributed by atoms with Crippen LogP contribution in [0.2, 0.25) is 0 Å². The SMILES string of the molecule is CCCOc1ccc(/C=C/C(=O)NCc2ccccc2C)cc1OC. The second kappa shape index (κ2) is 9.52. The second-order valence-electron chi connectivity index (χ2n) is 5.74. The van der Waals surface area contributed by atoms with E-state index in [-0.39, 0.29) is 5.91 Å². The summed E-state index contributed by atoms with van der Waals surface area (Å²) in [4.78, 5) is 12.0. The van der Waals surface area contributed by atoms with Gasteiger partial charge in [-0.05, 0) is 48.2 Å². The number of benzene rings is 2. The quantitative estimate of drug-likeness (QED) is 0.736. The van der Waals surface area contributed by atoms with Crippen molar-refractivity contribution in [3.8, 4) is 11.5 Å². The number of hydrogen-bond acceptors (Lipinski definition) is 3. The Bertz CT molecular complexity index is 738. The fourth-order valence-corrected chi connectivity index (χ4v) is 2.34. The Morgan fingerprint density at radius 1 is 1.16 bits per heavy atom. The molecule has 0 aliphatic rings. The van der Waals surface area contributed by atoms with Gasteiger partial charge in [-0.3, -0.25) is 4.79 Å². The van der Waals surface area contributed by atoms with Crippen LogP contribution in [0.3, 0.4) is 0 Å². The van der Waals surface area contributed by atoms with E-state index in [1.54, 1.807) is 13.2 Å². The molecule has 25 heavy (non-hydrogen) atoms. The standard InChI is InChI=1S/C21H25NO3/c1-4-13-25-19-11-9-17(14-20(19)24-3)10-12-21(23)22-15-18-8-6-5-7-16(18)2/h5-12,14H,4,13,15H2,1-3H3,(H,22,23)/b12-10+. The number of hydrogen-bond donors (Lipinski definition) is 1. The van der Waals surface area contributed by atoms with Crippen LogP contribution >= 0.6 is 0 Å². The molecule has 132 valence electrons. The molecule has 0 aromatic heterocycles. The molecule has 0 aliphatic carbocycles. The molecule has 0 saturated heterocycles. The Kier molecular flexibility index (Phi) is 7.08. The Morgan fingerprint density at radius 3 is 2.68 bits per heavy atom. The van der Waals surface area contributed by atoms with Gasteiger partial charge >= 0.3 is 0 Å². The van der Waals surface area contributed by atoms with E-state index in [0.717, 1.165) is 17.5 Å². The molecule has 2 aromatic carbocycles. The second-order valence-corrected chi connectivity index (χ2v) is 5.74. The van der Waals surface area contributed by atoms with E-state index in [2.05, 4.69) is 12.2 Å². The Balaban J connectivity index is 1.96. The van der Waals surface area contributed by atoms with Crippen LogP contribution in [-0.2, 0) is 11.3 Å². The summed E-state index contributed by atoms with van der Waals surface area (Å²) in [6.07, 6.45) is 4.23. The molecule has 0 spiro atoms. The molecular weight excluding hydrogens is 314 g/mol. The van der Waals surface area contributed by atoms with Gasteiger partial charge in [-0.2, -0.15) is 0 Å². The van der Waals surface area contributed by atoms with Crippen molar-refractivity contribution in [1.82, 2.24) is 5.32 Å². The summed E-state index contributed by atoms with van der Waals surface area (Å²) in [5.74, 6) is 1.25. The molecule has 0 unspecified atom stereocenters. The van der Waals surface area contributed by atoms with E-state index in [1.807, 2.05) is 49.4 Å². The molecular formula is C21H25NO3. The summed E-state index contributed by atoms with van der Waals surface area (Å²) in [5, 5.41) is 2.90. The summed E-state index contributed by atoms with van der Waals surface area (Å²) in [5.41, 5.74) is 3.16. The van der Waals surface area contributed by atoms with Crippen molar-refractivity contribution >= 4 is 12.0 Å². The molecule has 0 aliphatic heterocycles. The molecule has 2 aromatic rings. The van der Waals surface area contributed by atoms with Crippen LogP contribution < -0.4 is 14.8 Å². The molecule has 1 N–H and O–H groups in total. The van der Waals surface area contributed by atoms with Crippen molar-refractivity contribution < 1.29 is 14.3 Å². The average Bonchev–Trinajstić information content (AvgIpc) is 2.64.